The lowest BCUT2D eigenvalue weighted by Crippen LogP contribution is -2.49. The van der Waals surface area contributed by atoms with E-state index in [0.29, 0.717) is 18.9 Å². The summed E-state index contributed by atoms with van der Waals surface area (Å²) in [6.07, 6.45) is 6.56. The van der Waals surface area contributed by atoms with Gasteiger partial charge in [0.15, 0.2) is 0 Å². The van der Waals surface area contributed by atoms with Crippen LogP contribution in [0.4, 0.5) is 0 Å². The zero-order valence-corrected chi connectivity index (χ0v) is 9.13. The molecule has 14 heavy (non-hydrogen) atoms. The Balaban J connectivity index is 4.26. The Kier molecular flexibility index (Phi) is 5.26. The van der Waals surface area contributed by atoms with E-state index in [-0.39, 0.29) is 0 Å². The van der Waals surface area contributed by atoms with Gasteiger partial charge in [0.2, 0.25) is 0 Å². The van der Waals surface area contributed by atoms with Crippen LogP contribution in [0.3, 0.4) is 0 Å². The summed E-state index contributed by atoms with van der Waals surface area (Å²) in [4.78, 5) is 11.0. The Morgan fingerprint density at radius 1 is 1.64 bits per heavy atom. The number of carbonyl (C=O) groups is 1. The van der Waals surface area contributed by atoms with Crippen molar-refractivity contribution in [1.29, 1.82) is 0 Å². The van der Waals surface area contributed by atoms with Crippen LogP contribution in [0, 0.1) is 18.3 Å². The van der Waals surface area contributed by atoms with E-state index in [1.54, 1.807) is 6.92 Å². The standard InChI is InChI=1S/C11H19NO2/c1-5-8-12-11(4,10(13)14)7-6-9(2)3/h1,9,12H,6-8H2,2-4H3,(H,13,14). The fraction of sp³-hybridized carbons (Fsp3) is 0.727. The van der Waals surface area contributed by atoms with Crippen molar-refractivity contribution in [3.05, 3.63) is 0 Å². The smallest absolute Gasteiger partial charge is 0.323 e. The number of carboxylic acid groups (broad SMARTS) is 1. The number of hydrogen-bond donors (Lipinski definition) is 2. The van der Waals surface area contributed by atoms with Crippen LogP contribution in [0.5, 0.6) is 0 Å². The molecule has 80 valence electrons. The molecule has 0 aliphatic heterocycles. The predicted molar refractivity (Wildman–Crippen MR) is 56.9 cm³/mol. The molecule has 3 nitrogen and oxygen atoms in total. The van der Waals surface area contributed by atoms with Gasteiger partial charge < -0.3 is 5.11 Å². The molecular weight excluding hydrogens is 178 g/mol. The highest BCUT2D eigenvalue weighted by molar-refractivity contribution is 5.78. The maximum Gasteiger partial charge on any atom is 0.323 e. The van der Waals surface area contributed by atoms with E-state index in [9.17, 15) is 4.79 Å². The summed E-state index contributed by atoms with van der Waals surface area (Å²) >= 11 is 0. The van der Waals surface area contributed by atoms with E-state index in [4.69, 9.17) is 11.5 Å². The Morgan fingerprint density at radius 2 is 2.21 bits per heavy atom. The van der Waals surface area contributed by atoms with E-state index >= 15 is 0 Å². The number of terminal acetylenes is 1. The topological polar surface area (TPSA) is 49.3 Å². The van der Waals surface area contributed by atoms with Crippen LogP contribution < -0.4 is 5.32 Å². The van der Waals surface area contributed by atoms with Gasteiger partial charge in [0.25, 0.3) is 0 Å². The maximum atomic E-state index is 11.0. The Morgan fingerprint density at radius 3 is 2.57 bits per heavy atom. The number of hydrogen-bond acceptors (Lipinski definition) is 2. The third kappa shape index (κ3) is 4.29. The molecule has 0 saturated heterocycles. The fourth-order valence-corrected chi connectivity index (χ4v) is 1.09. The van der Waals surface area contributed by atoms with E-state index < -0.39 is 11.5 Å². The van der Waals surface area contributed by atoms with Crippen LogP contribution in [0.15, 0.2) is 0 Å². The molecule has 0 amide bonds. The summed E-state index contributed by atoms with van der Waals surface area (Å²) in [5.74, 6) is 2.05. The summed E-state index contributed by atoms with van der Waals surface area (Å²) in [5.41, 5.74) is -0.892. The SMILES string of the molecule is C#CCNC(C)(CCC(C)C)C(=O)O. The molecule has 0 aliphatic carbocycles. The van der Waals surface area contributed by atoms with Gasteiger partial charge in [0.1, 0.15) is 5.54 Å². The molecule has 0 radical (unpaired) electrons. The van der Waals surface area contributed by atoms with Gasteiger partial charge in [-0.1, -0.05) is 19.8 Å². The normalized spacial score (nSPS) is 14.8. The van der Waals surface area contributed by atoms with Crippen LogP contribution in [0.1, 0.15) is 33.6 Å². The lowest BCUT2D eigenvalue weighted by Gasteiger charge is -2.26. The molecule has 0 spiro atoms. The second-order valence-electron chi connectivity index (χ2n) is 4.13. The Labute approximate surface area is 85.9 Å². The molecular formula is C11H19NO2. The van der Waals surface area contributed by atoms with Crippen molar-refractivity contribution in [3.8, 4) is 12.3 Å². The number of aliphatic carboxylic acids is 1. The minimum atomic E-state index is -0.892. The average molecular weight is 197 g/mol. The van der Waals surface area contributed by atoms with Crippen molar-refractivity contribution in [2.45, 2.75) is 39.2 Å². The summed E-state index contributed by atoms with van der Waals surface area (Å²) in [6, 6.07) is 0. The Hall–Kier alpha value is -1.01. The van der Waals surface area contributed by atoms with Crippen LogP contribution in [0.2, 0.25) is 0 Å². The lowest BCUT2D eigenvalue weighted by atomic mass is 9.92. The zero-order chi connectivity index (χ0) is 11.2. The highest BCUT2D eigenvalue weighted by atomic mass is 16.4. The molecule has 0 aromatic rings. The van der Waals surface area contributed by atoms with Crippen LogP contribution >= 0.6 is 0 Å². The first-order chi connectivity index (χ1) is 6.42. The lowest BCUT2D eigenvalue weighted by molar-refractivity contribution is -0.144. The van der Waals surface area contributed by atoms with E-state index in [1.165, 1.54) is 0 Å². The van der Waals surface area contributed by atoms with E-state index in [0.717, 1.165) is 6.42 Å². The number of rotatable bonds is 6. The highest BCUT2D eigenvalue weighted by Gasteiger charge is 2.31. The van der Waals surface area contributed by atoms with Gasteiger partial charge in [-0.05, 0) is 25.7 Å². The molecule has 0 fully saturated rings. The molecule has 1 unspecified atom stereocenters. The first-order valence-corrected chi connectivity index (χ1v) is 4.84. The molecule has 0 saturated carbocycles. The van der Waals surface area contributed by atoms with Gasteiger partial charge in [0.05, 0.1) is 6.54 Å². The van der Waals surface area contributed by atoms with Gasteiger partial charge in [-0.25, -0.2) is 0 Å². The second kappa shape index (κ2) is 5.66. The molecule has 0 aromatic heterocycles. The summed E-state index contributed by atoms with van der Waals surface area (Å²) in [5, 5.41) is 11.9. The van der Waals surface area contributed by atoms with Crippen molar-refractivity contribution in [3.63, 3.8) is 0 Å². The van der Waals surface area contributed by atoms with Gasteiger partial charge in [0, 0.05) is 0 Å². The molecule has 0 heterocycles. The van der Waals surface area contributed by atoms with Crippen LogP contribution in [-0.4, -0.2) is 23.2 Å². The van der Waals surface area contributed by atoms with Crippen molar-refractivity contribution < 1.29 is 9.90 Å². The molecule has 3 heteroatoms. The molecule has 0 aromatic carbocycles. The van der Waals surface area contributed by atoms with Crippen molar-refractivity contribution in [2.24, 2.45) is 5.92 Å². The summed E-state index contributed by atoms with van der Waals surface area (Å²) in [6.45, 7) is 6.11. The number of carboxylic acids is 1. The van der Waals surface area contributed by atoms with Gasteiger partial charge >= 0.3 is 5.97 Å². The zero-order valence-electron chi connectivity index (χ0n) is 9.13. The average Bonchev–Trinajstić information content (AvgIpc) is 2.11. The van der Waals surface area contributed by atoms with E-state index in [1.807, 2.05) is 0 Å². The Bertz CT molecular complexity index is 230. The summed E-state index contributed by atoms with van der Waals surface area (Å²) in [7, 11) is 0. The molecule has 0 aliphatic rings. The molecule has 2 N–H and O–H groups in total. The molecule has 1 atom stereocenters. The maximum absolute atomic E-state index is 11.0. The number of nitrogens with one attached hydrogen (secondary N) is 1. The third-order valence-electron chi connectivity index (χ3n) is 2.27. The quantitative estimate of drug-likeness (QED) is 0.634. The third-order valence-corrected chi connectivity index (χ3v) is 2.27. The second-order valence-corrected chi connectivity index (χ2v) is 4.13. The summed E-state index contributed by atoms with van der Waals surface area (Å²) < 4.78 is 0. The van der Waals surface area contributed by atoms with Gasteiger partial charge in [-0.15, -0.1) is 6.42 Å². The fourth-order valence-electron chi connectivity index (χ4n) is 1.09. The minimum Gasteiger partial charge on any atom is -0.480 e. The predicted octanol–water partition coefficient (Wildman–Crippen LogP) is 1.49. The van der Waals surface area contributed by atoms with Crippen LogP contribution in [-0.2, 0) is 4.79 Å². The monoisotopic (exact) mass is 197 g/mol. The first-order valence-electron chi connectivity index (χ1n) is 4.84. The molecule has 0 bridgehead atoms. The van der Waals surface area contributed by atoms with Crippen molar-refractivity contribution >= 4 is 5.97 Å². The first kappa shape index (κ1) is 13.0. The van der Waals surface area contributed by atoms with Crippen molar-refractivity contribution in [1.82, 2.24) is 5.32 Å². The van der Waals surface area contributed by atoms with Crippen molar-refractivity contribution in [2.75, 3.05) is 6.54 Å². The largest absolute Gasteiger partial charge is 0.480 e. The molecule has 0 rings (SSSR count). The van der Waals surface area contributed by atoms with Crippen LogP contribution in [0.25, 0.3) is 0 Å². The minimum absolute atomic E-state index is 0.293. The van der Waals surface area contributed by atoms with Gasteiger partial charge in [-0.3, -0.25) is 10.1 Å². The highest BCUT2D eigenvalue weighted by Crippen LogP contribution is 2.16. The van der Waals surface area contributed by atoms with Gasteiger partial charge in [-0.2, -0.15) is 0 Å². The van der Waals surface area contributed by atoms with E-state index in [2.05, 4.69) is 25.1 Å².